The summed E-state index contributed by atoms with van der Waals surface area (Å²) in [6.45, 7) is 0.401. The molecule has 6 heterocycles. The van der Waals surface area contributed by atoms with Crippen LogP contribution in [-0.2, 0) is 29.3 Å². The molecule has 6 aromatic rings. The minimum atomic E-state index is -3.95. The number of hydrogen-bond donors (Lipinski definition) is 2. The van der Waals surface area contributed by atoms with Gasteiger partial charge in [0.25, 0.3) is 5.89 Å². The Morgan fingerprint density at radius 1 is 1.12 bits per heavy atom. The van der Waals surface area contributed by atoms with Crippen molar-refractivity contribution in [1.29, 1.82) is 0 Å². The third-order valence-electron chi connectivity index (χ3n) is 9.99. The van der Waals surface area contributed by atoms with E-state index in [1.807, 2.05) is 24.3 Å². The molecule has 2 aromatic carbocycles. The van der Waals surface area contributed by atoms with Crippen molar-refractivity contribution >= 4 is 37.3 Å². The molecule has 2 N–H and O–H groups in total. The summed E-state index contributed by atoms with van der Waals surface area (Å²) in [4.78, 5) is 22.9. The van der Waals surface area contributed by atoms with Gasteiger partial charge in [0, 0.05) is 23.2 Å². The number of hydrogen-bond acceptors (Lipinski definition) is 10. The highest BCUT2D eigenvalue weighted by Crippen LogP contribution is 2.53. The summed E-state index contributed by atoms with van der Waals surface area (Å²) < 4.78 is 56.0. The van der Waals surface area contributed by atoms with Crippen LogP contribution < -0.4 is 15.8 Å². The number of rotatable bonds is 8. The molecule has 50 heavy (non-hydrogen) atoms. The second kappa shape index (κ2) is 11.9. The number of aromatic amines is 1. The van der Waals surface area contributed by atoms with Crippen molar-refractivity contribution in [2.75, 3.05) is 19.0 Å². The molecular formula is C36H31FN6O5S2. The van der Waals surface area contributed by atoms with Crippen LogP contribution in [0, 0.1) is 5.82 Å². The van der Waals surface area contributed by atoms with E-state index >= 15 is 0 Å². The molecule has 9 rings (SSSR count). The van der Waals surface area contributed by atoms with Gasteiger partial charge in [-0.2, -0.15) is 4.31 Å². The Morgan fingerprint density at radius 2 is 1.98 bits per heavy atom. The third-order valence-corrected chi connectivity index (χ3v) is 13.2. The van der Waals surface area contributed by atoms with E-state index in [-0.39, 0.29) is 28.7 Å². The van der Waals surface area contributed by atoms with Crippen molar-refractivity contribution in [2.24, 2.45) is 0 Å². The van der Waals surface area contributed by atoms with Gasteiger partial charge >= 0.3 is 5.76 Å². The first-order chi connectivity index (χ1) is 24.3. The minimum Gasteiger partial charge on any atom is -0.496 e. The van der Waals surface area contributed by atoms with Crippen molar-refractivity contribution in [2.45, 2.75) is 55.5 Å². The molecular weight excluding hydrogens is 680 g/mol. The van der Waals surface area contributed by atoms with Crippen molar-refractivity contribution in [3.63, 3.8) is 0 Å². The highest BCUT2D eigenvalue weighted by atomic mass is 32.2. The van der Waals surface area contributed by atoms with E-state index in [0.29, 0.717) is 59.0 Å². The van der Waals surface area contributed by atoms with E-state index in [1.165, 1.54) is 38.9 Å². The van der Waals surface area contributed by atoms with Gasteiger partial charge in [0.15, 0.2) is 0 Å². The zero-order chi connectivity index (χ0) is 34.1. The van der Waals surface area contributed by atoms with Gasteiger partial charge in [-0.1, -0.05) is 24.3 Å². The number of anilines is 1. The molecule has 4 aromatic heterocycles. The fraction of sp³-hybridized carbons (Fsp3) is 0.278. The average Bonchev–Trinajstić information content (AvgIpc) is 3.95. The van der Waals surface area contributed by atoms with E-state index < -0.39 is 15.8 Å². The Kier molecular flexibility index (Phi) is 7.37. The zero-order valence-corrected chi connectivity index (χ0v) is 28.5. The first-order valence-electron chi connectivity index (χ1n) is 16.5. The van der Waals surface area contributed by atoms with Crippen LogP contribution in [0.2, 0.25) is 0 Å². The number of aryl methyl sites for hydroxylation is 2. The molecule has 254 valence electrons. The SMILES string of the molecule is COc1cccc2c1CC[C@@H]2Nc1nccc2cc(-c3c(-c4n[nH]c(=O)o4)c(CCc4ccc(F)cc4)nc4c3S(=O)(=O)N3CCC[C@H]43)sc12. The molecule has 14 heteroatoms. The first-order valence-corrected chi connectivity index (χ1v) is 18.8. The molecule has 0 unspecified atom stereocenters. The summed E-state index contributed by atoms with van der Waals surface area (Å²) in [6, 6.07) is 15.8. The van der Waals surface area contributed by atoms with Gasteiger partial charge in [-0.15, -0.1) is 16.4 Å². The topological polar surface area (TPSA) is 143 Å². The Labute approximate surface area is 290 Å². The van der Waals surface area contributed by atoms with Crippen LogP contribution in [0.25, 0.3) is 32.0 Å². The van der Waals surface area contributed by atoms with Crippen LogP contribution in [0.1, 0.15) is 59.4 Å². The molecule has 0 bridgehead atoms. The molecule has 1 saturated heterocycles. The molecule has 2 aliphatic heterocycles. The normalized spacial score (nSPS) is 19.1. The van der Waals surface area contributed by atoms with Crippen LogP contribution in [-0.4, -0.2) is 46.5 Å². The van der Waals surface area contributed by atoms with E-state index in [4.69, 9.17) is 19.1 Å². The van der Waals surface area contributed by atoms with Gasteiger partial charge in [0.1, 0.15) is 22.3 Å². The van der Waals surface area contributed by atoms with E-state index in [9.17, 15) is 17.6 Å². The highest BCUT2D eigenvalue weighted by Gasteiger charge is 2.49. The summed E-state index contributed by atoms with van der Waals surface area (Å²) in [7, 11) is -2.26. The van der Waals surface area contributed by atoms with E-state index in [0.717, 1.165) is 40.7 Å². The summed E-state index contributed by atoms with van der Waals surface area (Å²) in [5.74, 6) is 0.430. The second-order valence-corrected chi connectivity index (χ2v) is 15.7. The maximum Gasteiger partial charge on any atom is 0.434 e. The quantitative estimate of drug-likeness (QED) is 0.179. The molecule has 2 atom stereocenters. The van der Waals surface area contributed by atoms with Crippen molar-refractivity contribution < 1.29 is 22.0 Å². The highest BCUT2D eigenvalue weighted by molar-refractivity contribution is 7.89. The number of nitrogens with zero attached hydrogens (tertiary/aromatic N) is 4. The lowest BCUT2D eigenvalue weighted by atomic mass is 9.96. The Bertz CT molecular complexity index is 2480. The maximum atomic E-state index is 14.4. The summed E-state index contributed by atoms with van der Waals surface area (Å²) in [5, 5.41) is 11.1. The summed E-state index contributed by atoms with van der Waals surface area (Å²) in [6.07, 6.45) is 5.75. The molecule has 0 radical (unpaired) electrons. The number of sulfonamides is 1. The Balaban J connectivity index is 1.23. The molecule has 0 saturated carbocycles. The van der Waals surface area contributed by atoms with Crippen LogP contribution in [0.5, 0.6) is 5.75 Å². The number of methoxy groups -OCH3 is 1. The second-order valence-electron chi connectivity index (χ2n) is 12.8. The molecule has 0 amide bonds. The van der Waals surface area contributed by atoms with Crippen molar-refractivity contribution in [3.05, 3.63) is 105 Å². The lowest BCUT2D eigenvalue weighted by Crippen LogP contribution is -2.23. The van der Waals surface area contributed by atoms with Gasteiger partial charge in [0.2, 0.25) is 10.0 Å². The number of thiophene rings is 1. The summed E-state index contributed by atoms with van der Waals surface area (Å²) >= 11 is 1.42. The van der Waals surface area contributed by atoms with Crippen LogP contribution >= 0.6 is 11.3 Å². The number of H-pyrrole nitrogens is 1. The van der Waals surface area contributed by atoms with Gasteiger partial charge in [-0.25, -0.2) is 27.7 Å². The van der Waals surface area contributed by atoms with E-state index in [2.05, 4.69) is 21.6 Å². The molecule has 0 spiro atoms. The smallest absolute Gasteiger partial charge is 0.434 e. The number of halogens is 1. The number of benzene rings is 2. The largest absolute Gasteiger partial charge is 0.496 e. The number of ether oxygens (including phenoxy) is 1. The van der Waals surface area contributed by atoms with Gasteiger partial charge < -0.3 is 14.5 Å². The monoisotopic (exact) mass is 710 g/mol. The molecule has 1 fully saturated rings. The standard InChI is InChI=1S/C36H31FN6O5S2/c1-47-27-6-2-4-22-23(27)12-14-24(22)40-34-32-20(15-16-38-34)18-28(49-32)30-29(35-41-42-36(44)48-35)25(13-9-19-7-10-21(37)11-8-19)39-31-26-5-3-17-43(26)50(45,46)33(30)31/h2,4,6-8,10-11,15-16,18,24,26H,3,5,9,12-14,17H2,1H3,(H,38,40)(H,42,44)/t24-,26+/m0/s1. The lowest BCUT2D eigenvalue weighted by Gasteiger charge is -2.16. The van der Waals surface area contributed by atoms with Crippen molar-refractivity contribution in [1.82, 2.24) is 24.5 Å². The lowest BCUT2D eigenvalue weighted by molar-refractivity contribution is 0.410. The van der Waals surface area contributed by atoms with E-state index in [1.54, 1.807) is 25.4 Å². The maximum absolute atomic E-state index is 14.4. The number of aromatic nitrogens is 4. The fourth-order valence-electron chi connectivity index (χ4n) is 7.76. The van der Waals surface area contributed by atoms with Crippen molar-refractivity contribution in [3.8, 4) is 27.6 Å². The number of pyridine rings is 2. The van der Waals surface area contributed by atoms with Gasteiger partial charge in [-0.05, 0) is 90.9 Å². The Hall–Kier alpha value is -4.92. The van der Waals surface area contributed by atoms with Crippen LogP contribution in [0.4, 0.5) is 10.2 Å². The number of fused-ring (bicyclic) bond motifs is 5. The fourth-order valence-corrected chi connectivity index (χ4v) is 11.0. The predicted molar refractivity (Wildman–Crippen MR) is 186 cm³/mol. The first kappa shape index (κ1) is 31.1. The zero-order valence-electron chi connectivity index (χ0n) is 26.9. The molecule has 11 nitrogen and oxygen atoms in total. The van der Waals surface area contributed by atoms with Gasteiger partial charge in [0.05, 0.1) is 40.8 Å². The van der Waals surface area contributed by atoms with Crippen LogP contribution in [0.15, 0.2) is 74.9 Å². The predicted octanol–water partition coefficient (Wildman–Crippen LogP) is 6.57. The molecule has 3 aliphatic rings. The van der Waals surface area contributed by atoms with Gasteiger partial charge in [-0.3, -0.25) is 4.98 Å². The molecule has 1 aliphatic carbocycles. The Morgan fingerprint density at radius 3 is 2.78 bits per heavy atom. The number of nitrogens with one attached hydrogen (secondary N) is 2. The third kappa shape index (κ3) is 4.95. The average molecular weight is 711 g/mol. The minimum absolute atomic E-state index is 0.0217. The van der Waals surface area contributed by atoms with Crippen LogP contribution in [0.3, 0.4) is 0 Å². The summed E-state index contributed by atoms with van der Waals surface area (Å²) in [5.41, 5.74) is 5.04.